The molecule has 164 valence electrons. The molecule has 3 N–H and O–H groups in total. The highest BCUT2D eigenvalue weighted by molar-refractivity contribution is 5.84. The van der Waals surface area contributed by atoms with Crippen molar-refractivity contribution in [1.82, 2.24) is 25.4 Å². The Balaban J connectivity index is 1.58. The zero-order valence-corrected chi connectivity index (χ0v) is 17.6. The Morgan fingerprint density at radius 3 is 2.78 bits per heavy atom. The molecule has 0 bridgehead atoms. The van der Waals surface area contributed by atoms with Crippen LogP contribution in [0.25, 0.3) is 22.3 Å². The summed E-state index contributed by atoms with van der Waals surface area (Å²) < 4.78 is 29.1. The van der Waals surface area contributed by atoms with E-state index in [0.717, 1.165) is 35.8 Å². The lowest BCUT2D eigenvalue weighted by Crippen LogP contribution is -2.45. The average molecular weight is 435 g/mol. The van der Waals surface area contributed by atoms with Crippen LogP contribution in [0.3, 0.4) is 0 Å². The quantitative estimate of drug-likeness (QED) is 0.451. The zero-order chi connectivity index (χ0) is 22.2. The lowest BCUT2D eigenvalue weighted by Gasteiger charge is -2.36. The summed E-state index contributed by atoms with van der Waals surface area (Å²) in [5.41, 5.74) is 3.69. The molecule has 2 aromatic heterocycles. The molecule has 0 spiro atoms. The average Bonchev–Trinajstić information content (AvgIpc) is 3.15. The van der Waals surface area contributed by atoms with Gasteiger partial charge in [-0.2, -0.15) is 5.10 Å². The number of phenolic OH excluding ortho intramolecular Hbond substituents is 1. The topological polar surface area (TPSA) is 77.1 Å². The molecule has 1 aliphatic rings. The highest BCUT2D eigenvalue weighted by atomic mass is 19.1. The molecule has 0 radical (unpaired) electrons. The van der Waals surface area contributed by atoms with Crippen molar-refractivity contribution in [2.75, 3.05) is 19.6 Å². The molecule has 4 aromatic rings. The minimum atomic E-state index is -0.554. The molecule has 3 heterocycles. The summed E-state index contributed by atoms with van der Waals surface area (Å²) in [5.74, 6) is -0.921. The van der Waals surface area contributed by atoms with Gasteiger partial charge < -0.3 is 10.4 Å². The summed E-state index contributed by atoms with van der Waals surface area (Å²) in [6, 6.07) is 12.6. The third-order valence-corrected chi connectivity index (χ3v) is 6.01. The molecule has 1 saturated heterocycles. The Morgan fingerprint density at radius 2 is 1.97 bits per heavy atom. The van der Waals surface area contributed by atoms with Crippen molar-refractivity contribution in [2.45, 2.75) is 19.5 Å². The minimum Gasteiger partial charge on any atom is -0.508 e. The van der Waals surface area contributed by atoms with Gasteiger partial charge in [0.15, 0.2) is 5.65 Å². The van der Waals surface area contributed by atoms with Gasteiger partial charge in [-0.1, -0.05) is 18.2 Å². The maximum Gasteiger partial charge on any atom is 0.182 e. The fourth-order valence-corrected chi connectivity index (χ4v) is 4.45. The predicted octanol–water partition coefficient (Wildman–Crippen LogP) is 4.06. The maximum absolute atomic E-state index is 14.6. The van der Waals surface area contributed by atoms with Crippen LogP contribution in [0.2, 0.25) is 0 Å². The lowest BCUT2D eigenvalue weighted by atomic mass is 10.00. The summed E-state index contributed by atoms with van der Waals surface area (Å²) in [7, 11) is 0. The van der Waals surface area contributed by atoms with Gasteiger partial charge in [-0.15, -0.1) is 0 Å². The van der Waals surface area contributed by atoms with Gasteiger partial charge in [0, 0.05) is 54.5 Å². The summed E-state index contributed by atoms with van der Waals surface area (Å²) >= 11 is 0. The molecule has 1 unspecified atom stereocenters. The first-order valence-electron chi connectivity index (χ1n) is 10.5. The lowest BCUT2D eigenvalue weighted by molar-refractivity contribution is 0.151. The van der Waals surface area contributed by atoms with Crippen LogP contribution in [-0.4, -0.2) is 44.8 Å². The number of halogens is 2. The monoisotopic (exact) mass is 435 g/mol. The number of fused-ring (bicyclic) bond motifs is 1. The Bertz CT molecular complexity index is 1290. The number of H-pyrrole nitrogens is 1. The molecule has 0 saturated carbocycles. The molecule has 32 heavy (non-hydrogen) atoms. The summed E-state index contributed by atoms with van der Waals surface area (Å²) in [6.45, 7) is 4.63. The first-order valence-corrected chi connectivity index (χ1v) is 10.5. The third-order valence-electron chi connectivity index (χ3n) is 6.01. The second-order valence-corrected chi connectivity index (χ2v) is 8.09. The maximum atomic E-state index is 14.6. The van der Waals surface area contributed by atoms with Crippen molar-refractivity contribution in [3.8, 4) is 17.0 Å². The van der Waals surface area contributed by atoms with Crippen molar-refractivity contribution in [2.24, 2.45) is 0 Å². The van der Waals surface area contributed by atoms with E-state index >= 15 is 0 Å². The minimum absolute atomic E-state index is 0.130. The molecule has 1 atom stereocenters. The summed E-state index contributed by atoms with van der Waals surface area (Å²) in [5, 5.41) is 21.1. The smallest absolute Gasteiger partial charge is 0.182 e. The first-order chi connectivity index (χ1) is 15.5. The van der Waals surface area contributed by atoms with Gasteiger partial charge in [0.25, 0.3) is 0 Å². The van der Waals surface area contributed by atoms with Gasteiger partial charge in [-0.05, 0) is 36.8 Å². The SMILES string of the molecule is Cc1[nH]nc2nc(-c3ccc(O)cc3F)cc(CN3CCNCC3c3ccccc3F)c12. The van der Waals surface area contributed by atoms with E-state index in [0.29, 0.717) is 30.0 Å². The molecular weight excluding hydrogens is 412 g/mol. The van der Waals surface area contributed by atoms with Crippen LogP contribution in [-0.2, 0) is 6.54 Å². The van der Waals surface area contributed by atoms with Crippen LogP contribution < -0.4 is 5.32 Å². The molecule has 0 amide bonds. The number of phenols is 1. The van der Waals surface area contributed by atoms with E-state index in [1.807, 2.05) is 25.1 Å². The highest BCUT2D eigenvalue weighted by Crippen LogP contribution is 2.32. The Labute approximate surface area is 183 Å². The molecule has 1 aliphatic heterocycles. The third kappa shape index (κ3) is 3.72. The van der Waals surface area contributed by atoms with Gasteiger partial charge in [0.1, 0.15) is 17.4 Å². The van der Waals surface area contributed by atoms with Gasteiger partial charge in [0.05, 0.1) is 11.7 Å². The van der Waals surface area contributed by atoms with E-state index in [4.69, 9.17) is 0 Å². The van der Waals surface area contributed by atoms with E-state index in [9.17, 15) is 13.9 Å². The van der Waals surface area contributed by atoms with Crippen molar-refractivity contribution in [3.05, 3.63) is 77.0 Å². The molecule has 1 fully saturated rings. The number of aryl methyl sites for hydroxylation is 1. The Morgan fingerprint density at radius 1 is 1.12 bits per heavy atom. The summed E-state index contributed by atoms with van der Waals surface area (Å²) in [4.78, 5) is 6.78. The van der Waals surface area contributed by atoms with E-state index in [1.165, 1.54) is 18.2 Å². The molecule has 8 heteroatoms. The molecule has 5 rings (SSSR count). The Hall–Kier alpha value is -3.36. The number of nitrogens with one attached hydrogen (secondary N) is 2. The van der Waals surface area contributed by atoms with Crippen LogP contribution in [0, 0.1) is 18.6 Å². The molecular formula is C24H23F2N5O. The van der Waals surface area contributed by atoms with Gasteiger partial charge in [-0.25, -0.2) is 13.8 Å². The van der Waals surface area contributed by atoms with Gasteiger partial charge >= 0.3 is 0 Å². The number of rotatable bonds is 4. The fraction of sp³-hybridized carbons (Fsp3) is 0.250. The first kappa shape index (κ1) is 20.5. The van der Waals surface area contributed by atoms with Crippen LogP contribution >= 0.6 is 0 Å². The van der Waals surface area contributed by atoms with E-state index in [2.05, 4.69) is 25.4 Å². The molecule has 0 aliphatic carbocycles. The number of aromatic nitrogens is 3. The molecule has 6 nitrogen and oxygen atoms in total. The second-order valence-electron chi connectivity index (χ2n) is 8.09. The number of aromatic hydroxyl groups is 1. The fourth-order valence-electron chi connectivity index (χ4n) is 4.45. The van der Waals surface area contributed by atoms with E-state index < -0.39 is 5.82 Å². The second kappa shape index (κ2) is 8.29. The Kier molecular flexibility index (Phi) is 5.32. The number of piperazine rings is 1. The van der Waals surface area contributed by atoms with Gasteiger partial charge in [0.2, 0.25) is 0 Å². The van der Waals surface area contributed by atoms with Crippen LogP contribution in [0.15, 0.2) is 48.5 Å². The number of pyridine rings is 1. The highest BCUT2D eigenvalue weighted by Gasteiger charge is 2.27. The molecule has 2 aromatic carbocycles. The summed E-state index contributed by atoms with van der Waals surface area (Å²) in [6.07, 6.45) is 0. The number of benzene rings is 2. The number of hydrogen-bond donors (Lipinski definition) is 3. The van der Waals surface area contributed by atoms with E-state index in [-0.39, 0.29) is 23.2 Å². The van der Waals surface area contributed by atoms with Crippen LogP contribution in [0.4, 0.5) is 8.78 Å². The van der Waals surface area contributed by atoms with Crippen LogP contribution in [0.1, 0.15) is 22.9 Å². The number of aromatic amines is 1. The van der Waals surface area contributed by atoms with Crippen molar-refractivity contribution >= 4 is 11.0 Å². The standard InChI is InChI=1S/C24H23F2N5O/c1-14-23-15(13-31-9-8-27-12-22(31)18-4-2-3-5-19(18)25)10-21(28-24(23)30-29-14)17-7-6-16(32)11-20(17)26/h2-7,10-11,22,27,32H,8-9,12-13H2,1H3,(H,28,29,30). The largest absolute Gasteiger partial charge is 0.508 e. The van der Waals surface area contributed by atoms with Crippen LogP contribution in [0.5, 0.6) is 5.75 Å². The number of nitrogens with zero attached hydrogens (tertiary/aromatic N) is 3. The van der Waals surface area contributed by atoms with Crippen molar-refractivity contribution < 1.29 is 13.9 Å². The zero-order valence-electron chi connectivity index (χ0n) is 17.6. The number of hydrogen-bond acceptors (Lipinski definition) is 5. The normalized spacial score (nSPS) is 17.2. The van der Waals surface area contributed by atoms with Crippen molar-refractivity contribution in [1.29, 1.82) is 0 Å². The van der Waals surface area contributed by atoms with E-state index in [1.54, 1.807) is 6.07 Å². The van der Waals surface area contributed by atoms with Crippen molar-refractivity contribution in [3.63, 3.8) is 0 Å². The predicted molar refractivity (Wildman–Crippen MR) is 118 cm³/mol. The van der Waals surface area contributed by atoms with Gasteiger partial charge in [-0.3, -0.25) is 10.00 Å².